The monoisotopic (exact) mass is 287 g/mol. The van der Waals surface area contributed by atoms with Crippen LogP contribution < -0.4 is 5.32 Å². The molecule has 114 valence electrons. The van der Waals surface area contributed by atoms with E-state index in [2.05, 4.69) is 29.6 Å². The van der Waals surface area contributed by atoms with Crippen LogP contribution in [0.25, 0.3) is 0 Å². The van der Waals surface area contributed by atoms with E-state index >= 15 is 0 Å². The molecule has 2 rings (SSSR count). The molecule has 21 heavy (non-hydrogen) atoms. The molecule has 0 bridgehead atoms. The van der Waals surface area contributed by atoms with Crippen LogP contribution in [0.15, 0.2) is 42.5 Å². The van der Waals surface area contributed by atoms with E-state index in [9.17, 15) is 9.90 Å². The second kappa shape index (κ2) is 8.63. The van der Waals surface area contributed by atoms with Crippen molar-refractivity contribution in [3.63, 3.8) is 0 Å². The lowest BCUT2D eigenvalue weighted by molar-refractivity contribution is -0.121. The van der Waals surface area contributed by atoms with Crippen molar-refractivity contribution < 1.29 is 9.90 Å². The number of hydrogen-bond acceptors (Lipinski definition) is 2. The molecule has 1 aromatic rings. The van der Waals surface area contributed by atoms with Crippen LogP contribution in [0.3, 0.4) is 0 Å². The molecule has 0 radical (unpaired) electrons. The summed E-state index contributed by atoms with van der Waals surface area (Å²) in [6.45, 7) is 0. The van der Waals surface area contributed by atoms with Gasteiger partial charge in [-0.1, -0.05) is 48.9 Å². The summed E-state index contributed by atoms with van der Waals surface area (Å²) < 4.78 is 0. The molecule has 0 unspecified atom stereocenters. The summed E-state index contributed by atoms with van der Waals surface area (Å²) >= 11 is 0. The number of carbonyl (C=O) groups excluding carboxylic acids is 1. The fourth-order valence-corrected chi connectivity index (χ4v) is 2.64. The topological polar surface area (TPSA) is 49.3 Å². The van der Waals surface area contributed by atoms with Gasteiger partial charge in [0.05, 0.1) is 6.10 Å². The molecule has 0 heterocycles. The van der Waals surface area contributed by atoms with Gasteiger partial charge in [-0.25, -0.2) is 0 Å². The van der Waals surface area contributed by atoms with Crippen molar-refractivity contribution in [1.82, 2.24) is 5.32 Å². The van der Waals surface area contributed by atoms with Gasteiger partial charge in [-0.2, -0.15) is 0 Å². The molecule has 0 aliphatic heterocycles. The number of unbranched alkanes of at least 4 members (excludes halogenated alkanes) is 2. The number of aryl methyl sites for hydroxylation is 1. The zero-order chi connectivity index (χ0) is 14.9. The molecule has 0 saturated carbocycles. The van der Waals surface area contributed by atoms with E-state index in [4.69, 9.17) is 0 Å². The van der Waals surface area contributed by atoms with E-state index in [1.807, 2.05) is 12.1 Å². The van der Waals surface area contributed by atoms with Gasteiger partial charge in [-0.05, 0) is 37.7 Å². The van der Waals surface area contributed by atoms with E-state index in [0.717, 1.165) is 38.5 Å². The van der Waals surface area contributed by atoms with Gasteiger partial charge < -0.3 is 10.4 Å². The zero-order valence-corrected chi connectivity index (χ0v) is 12.5. The van der Waals surface area contributed by atoms with E-state index in [0.29, 0.717) is 6.42 Å². The molecule has 1 aliphatic carbocycles. The van der Waals surface area contributed by atoms with Crippen LogP contribution in [0.5, 0.6) is 0 Å². The summed E-state index contributed by atoms with van der Waals surface area (Å²) in [7, 11) is 0. The highest BCUT2D eigenvalue weighted by atomic mass is 16.3. The number of hydrogen-bond donors (Lipinski definition) is 2. The predicted octanol–water partition coefficient (Wildman–Crippen LogP) is 2.99. The van der Waals surface area contributed by atoms with Crippen molar-refractivity contribution in [3.8, 4) is 0 Å². The smallest absolute Gasteiger partial charge is 0.220 e. The lowest BCUT2D eigenvalue weighted by Gasteiger charge is -2.20. The Hall–Kier alpha value is -1.61. The first-order valence-corrected chi connectivity index (χ1v) is 7.94. The van der Waals surface area contributed by atoms with Crippen molar-refractivity contribution in [2.75, 3.05) is 0 Å². The molecule has 3 nitrogen and oxygen atoms in total. The quantitative estimate of drug-likeness (QED) is 0.598. The summed E-state index contributed by atoms with van der Waals surface area (Å²) in [5, 5.41) is 12.4. The van der Waals surface area contributed by atoms with E-state index in [1.165, 1.54) is 5.56 Å². The normalized spacial score (nSPS) is 21.2. The molecule has 0 fully saturated rings. The van der Waals surface area contributed by atoms with E-state index < -0.39 is 0 Å². The third-order valence-corrected chi connectivity index (χ3v) is 3.90. The fraction of sp³-hybridized carbons (Fsp3) is 0.500. The van der Waals surface area contributed by atoms with Crippen LogP contribution in [-0.2, 0) is 11.2 Å². The van der Waals surface area contributed by atoms with Gasteiger partial charge in [0.15, 0.2) is 0 Å². The molecule has 0 spiro atoms. The van der Waals surface area contributed by atoms with Crippen molar-refractivity contribution in [3.05, 3.63) is 48.0 Å². The highest BCUT2D eigenvalue weighted by Crippen LogP contribution is 2.12. The molecular weight excluding hydrogens is 262 g/mol. The fourth-order valence-electron chi connectivity index (χ4n) is 2.64. The summed E-state index contributed by atoms with van der Waals surface area (Å²) in [6, 6.07) is 10.6. The Kier molecular flexibility index (Phi) is 6.48. The van der Waals surface area contributed by atoms with Gasteiger partial charge in [0.25, 0.3) is 0 Å². The van der Waals surface area contributed by atoms with Gasteiger partial charge in [-0.3, -0.25) is 4.79 Å². The van der Waals surface area contributed by atoms with Gasteiger partial charge in [-0.15, -0.1) is 0 Å². The Morgan fingerprint density at radius 1 is 1.10 bits per heavy atom. The van der Waals surface area contributed by atoms with Gasteiger partial charge in [0.1, 0.15) is 0 Å². The average Bonchev–Trinajstić information content (AvgIpc) is 2.50. The summed E-state index contributed by atoms with van der Waals surface area (Å²) in [4.78, 5) is 11.8. The van der Waals surface area contributed by atoms with Crippen LogP contribution in [0, 0.1) is 0 Å². The summed E-state index contributed by atoms with van der Waals surface area (Å²) in [5.41, 5.74) is 1.37. The molecule has 3 heteroatoms. The standard InChI is InChI=1S/C18H25NO2/c20-17-13-11-16(12-14-17)19-18(21)10-6-2-5-9-15-7-3-1-4-8-15/h1,3-4,7-8,11,13,16-17,20H,2,5-6,9-10,12,14H2,(H,19,21)/t16-,17-/m0/s1. The SMILES string of the molecule is O=C(CCCCCc1ccccc1)N[C@H]1C=C[C@H](O)CC1. The number of amides is 1. The number of aliphatic hydroxyl groups is 1. The van der Waals surface area contributed by atoms with Crippen molar-refractivity contribution >= 4 is 5.91 Å². The van der Waals surface area contributed by atoms with Crippen LogP contribution in [0.1, 0.15) is 44.1 Å². The predicted molar refractivity (Wildman–Crippen MR) is 84.9 cm³/mol. The first-order chi connectivity index (χ1) is 10.2. The summed E-state index contributed by atoms with van der Waals surface area (Å²) in [5.74, 6) is 0.126. The van der Waals surface area contributed by atoms with Crippen molar-refractivity contribution in [2.24, 2.45) is 0 Å². The molecule has 1 aliphatic rings. The molecule has 1 aromatic carbocycles. The van der Waals surface area contributed by atoms with Crippen molar-refractivity contribution in [1.29, 1.82) is 0 Å². The van der Waals surface area contributed by atoms with Crippen molar-refractivity contribution in [2.45, 2.75) is 57.1 Å². The second-order valence-electron chi connectivity index (χ2n) is 5.75. The molecular formula is C18H25NO2. The Morgan fingerprint density at radius 2 is 1.90 bits per heavy atom. The Balaban J connectivity index is 1.54. The Morgan fingerprint density at radius 3 is 2.62 bits per heavy atom. The summed E-state index contributed by atoms with van der Waals surface area (Å²) in [6.07, 6.45) is 9.75. The maximum atomic E-state index is 11.8. The van der Waals surface area contributed by atoms with Crippen LogP contribution in [-0.4, -0.2) is 23.2 Å². The van der Waals surface area contributed by atoms with Crippen LogP contribution in [0.2, 0.25) is 0 Å². The Bertz CT molecular complexity index is 456. The lowest BCUT2D eigenvalue weighted by Crippen LogP contribution is -2.35. The zero-order valence-electron chi connectivity index (χ0n) is 12.5. The van der Waals surface area contributed by atoms with Gasteiger partial charge in [0.2, 0.25) is 5.91 Å². The van der Waals surface area contributed by atoms with E-state index in [1.54, 1.807) is 6.08 Å². The minimum atomic E-state index is -0.337. The van der Waals surface area contributed by atoms with Gasteiger partial charge in [0, 0.05) is 12.5 Å². The highest BCUT2D eigenvalue weighted by Gasteiger charge is 2.15. The first-order valence-electron chi connectivity index (χ1n) is 7.94. The molecule has 2 atom stereocenters. The number of benzene rings is 1. The number of rotatable bonds is 7. The maximum Gasteiger partial charge on any atom is 0.220 e. The third kappa shape index (κ3) is 6.13. The number of aliphatic hydroxyl groups excluding tert-OH is 1. The average molecular weight is 287 g/mol. The largest absolute Gasteiger partial charge is 0.389 e. The molecule has 0 aromatic heterocycles. The molecule has 1 amide bonds. The minimum Gasteiger partial charge on any atom is -0.389 e. The number of nitrogens with one attached hydrogen (secondary N) is 1. The van der Waals surface area contributed by atoms with Gasteiger partial charge >= 0.3 is 0 Å². The first kappa shape index (κ1) is 15.8. The molecule has 0 saturated heterocycles. The third-order valence-electron chi connectivity index (χ3n) is 3.90. The second-order valence-corrected chi connectivity index (χ2v) is 5.75. The maximum absolute atomic E-state index is 11.8. The van der Waals surface area contributed by atoms with Crippen LogP contribution >= 0.6 is 0 Å². The lowest BCUT2D eigenvalue weighted by atomic mass is 10.0. The minimum absolute atomic E-state index is 0.102. The number of carbonyl (C=O) groups is 1. The van der Waals surface area contributed by atoms with E-state index in [-0.39, 0.29) is 18.1 Å². The van der Waals surface area contributed by atoms with Crippen LogP contribution in [0.4, 0.5) is 0 Å². The Labute approximate surface area is 127 Å². The molecule has 2 N–H and O–H groups in total. The highest BCUT2D eigenvalue weighted by molar-refractivity contribution is 5.76.